The van der Waals surface area contributed by atoms with E-state index in [2.05, 4.69) is 29.3 Å². The Morgan fingerprint density at radius 3 is 2.50 bits per heavy atom. The molecule has 24 heavy (non-hydrogen) atoms. The van der Waals surface area contributed by atoms with Gasteiger partial charge in [-0.1, -0.05) is 54.9 Å². The van der Waals surface area contributed by atoms with Gasteiger partial charge in [0.2, 0.25) is 11.0 Å². The van der Waals surface area contributed by atoms with E-state index in [1.165, 1.54) is 24.8 Å². The number of benzene rings is 1. The fourth-order valence-electron chi connectivity index (χ4n) is 3.68. The molecule has 5 heteroatoms. The maximum absolute atomic E-state index is 13.0. The Morgan fingerprint density at radius 1 is 1.08 bits per heavy atom. The Morgan fingerprint density at radius 2 is 1.83 bits per heavy atom. The Kier molecular flexibility index (Phi) is 4.35. The van der Waals surface area contributed by atoms with Crippen molar-refractivity contribution in [1.29, 1.82) is 0 Å². The largest absolute Gasteiger partial charge is 0.283 e. The fourth-order valence-corrected chi connectivity index (χ4v) is 4.69. The molecule has 0 saturated heterocycles. The third kappa shape index (κ3) is 2.86. The second-order valence-electron chi connectivity index (χ2n) is 6.98. The highest BCUT2D eigenvalue weighted by molar-refractivity contribution is 7.18. The van der Waals surface area contributed by atoms with Crippen molar-refractivity contribution in [2.24, 2.45) is 5.92 Å². The molecule has 2 aromatic rings. The van der Waals surface area contributed by atoms with Crippen LogP contribution in [0.3, 0.4) is 0 Å². The van der Waals surface area contributed by atoms with Crippen LogP contribution >= 0.6 is 11.3 Å². The van der Waals surface area contributed by atoms with Gasteiger partial charge in [0, 0.05) is 17.5 Å². The van der Waals surface area contributed by atoms with Crippen molar-refractivity contribution in [3.8, 4) is 10.6 Å². The van der Waals surface area contributed by atoms with Crippen LogP contribution in [-0.2, 0) is 4.79 Å². The zero-order valence-electron chi connectivity index (χ0n) is 14.1. The summed E-state index contributed by atoms with van der Waals surface area (Å²) in [6, 6.07) is 8.54. The number of hydrogen-bond donors (Lipinski definition) is 0. The van der Waals surface area contributed by atoms with E-state index in [-0.39, 0.29) is 11.8 Å². The van der Waals surface area contributed by atoms with Crippen LogP contribution in [-0.4, -0.2) is 22.1 Å². The number of rotatable bonds is 4. The van der Waals surface area contributed by atoms with Gasteiger partial charge in [-0.2, -0.15) is 0 Å². The second-order valence-corrected chi connectivity index (χ2v) is 7.94. The molecule has 0 unspecified atom stereocenters. The van der Waals surface area contributed by atoms with Gasteiger partial charge in [0.1, 0.15) is 5.01 Å². The second kappa shape index (κ2) is 6.63. The summed E-state index contributed by atoms with van der Waals surface area (Å²) in [5, 5.41) is 10.5. The summed E-state index contributed by atoms with van der Waals surface area (Å²) in [4.78, 5) is 15.0. The SMILES string of the molecule is Cc1ccccc1-c1nnc(N(C(=O)C2CCC2)C2CCCC2)s1. The van der Waals surface area contributed by atoms with Gasteiger partial charge < -0.3 is 0 Å². The summed E-state index contributed by atoms with van der Waals surface area (Å²) in [6.07, 6.45) is 7.86. The molecule has 0 aliphatic heterocycles. The number of aromatic nitrogens is 2. The third-order valence-corrected chi connectivity index (χ3v) is 6.33. The zero-order chi connectivity index (χ0) is 16.5. The predicted octanol–water partition coefficient (Wildman–Crippen LogP) is 4.59. The highest BCUT2D eigenvalue weighted by atomic mass is 32.1. The number of amides is 1. The molecule has 0 atom stereocenters. The Balaban J connectivity index is 1.65. The molecule has 2 aliphatic rings. The minimum absolute atomic E-state index is 0.205. The van der Waals surface area contributed by atoms with E-state index in [1.807, 2.05) is 17.0 Å². The van der Waals surface area contributed by atoms with Crippen LogP contribution in [0.2, 0.25) is 0 Å². The van der Waals surface area contributed by atoms with Crippen LogP contribution in [0.25, 0.3) is 10.6 Å². The van der Waals surface area contributed by atoms with Gasteiger partial charge in [-0.25, -0.2) is 0 Å². The average Bonchev–Trinajstić information content (AvgIpc) is 3.19. The fraction of sp³-hybridized carbons (Fsp3) is 0.526. The highest BCUT2D eigenvalue weighted by Gasteiger charge is 2.36. The zero-order valence-corrected chi connectivity index (χ0v) is 14.9. The highest BCUT2D eigenvalue weighted by Crippen LogP contribution is 2.38. The summed E-state index contributed by atoms with van der Waals surface area (Å²) in [5.74, 6) is 0.483. The number of anilines is 1. The first-order chi connectivity index (χ1) is 11.7. The number of carbonyl (C=O) groups excluding carboxylic acids is 1. The van der Waals surface area contributed by atoms with Crippen molar-refractivity contribution >= 4 is 22.4 Å². The molecule has 1 aromatic heterocycles. The third-order valence-electron chi connectivity index (χ3n) is 5.38. The van der Waals surface area contributed by atoms with E-state index in [0.717, 1.165) is 41.4 Å². The monoisotopic (exact) mass is 341 g/mol. The van der Waals surface area contributed by atoms with Gasteiger partial charge in [-0.3, -0.25) is 9.69 Å². The molecule has 1 amide bonds. The minimum atomic E-state index is 0.205. The van der Waals surface area contributed by atoms with Crippen LogP contribution < -0.4 is 4.90 Å². The van der Waals surface area contributed by atoms with E-state index in [4.69, 9.17) is 0 Å². The molecule has 0 bridgehead atoms. The molecule has 2 saturated carbocycles. The van der Waals surface area contributed by atoms with Gasteiger partial charge in [0.15, 0.2) is 0 Å². The van der Waals surface area contributed by atoms with Crippen molar-refractivity contribution < 1.29 is 4.79 Å². The van der Waals surface area contributed by atoms with Gasteiger partial charge >= 0.3 is 0 Å². The van der Waals surface area contributed by atoms with Crippen LogP contribution in [0.15, 0.2) is 24.3 Å². The molecule has 0 spiro atoms. The smallest absolute Gasteiger partial charge is 0.232 e. The lowest BCUT2D eigenvalue weighted by molar-refractivity contribution is -0.125. The lowest BCUT2D eigenvalue weighted by Crippen LogP contribution is -2.44. The summed E-state index contributed by atoms with van der Waals surface area (Å²) >= 11 is 1.56. The van der Waals surface area contributed by atoms with Gasteiger partial charge in [0.05, 0.1) is 0 Å². The van der Waals surface area contributed by atoms with Crippen molar-refractivity contribution in [3.05, 3.63) is 29.8 Å². The summed E-state index contributed by atoms with van der Waals surface area (Å²) in [7, 11) is 0. The molecule has 0 N–H and O–H groups in total. The molecule has 126 valence electrons. The van der Waals surface area contributed by atoms with Crippen LogP contribution in [0.5, 0.6) is 0 Å². The Bertz CT molecular complexity index is 732. The first kappa shape index (κ1) is 15.8. The Labute approximate surface area is 146 Å². The van der Waals surface area contributed by atoms with E-state index in [9.17, 15) is 4.79 Å². The van der Waals surface area contributed by atoms with Gasteiger partial charge in [-0.15, -0.1) is 10.2 Å². The van der Waals surface area contributed by atoms with E-state index in [0.29, 0.717) is 6.04 Å². The van der Waals surface area contributed by atoms with Gasteiger partial charge in [-0.05, 0) is 38.2 Å². The van der Waals surface area contributed by atoms with E-state index >= 15 is 0 Å². The molecule has 2 aliphatic carbocycles. The number of hydrogen-bond acceptors (Lipinski definition) is 4. The molecular formula is C19H23N3OS. The Hall–Kier alpha value is -1.75. The number of nitrogens with zero attached hydrogens (tertiary/aromatic N) is 3. The molecular weight excluding hydrogens is 318 g/mol. The standard InChI is InChI=1S/C19H23N3OS/c1-13-7-2-5-12-16(13)17-20-21-19(24-17)22(15-10-3-4-11-15)18(23)14-8-6-9-14/h2,5,7,12,14-15H,3-4,6,8-11H2,1H3. The summed E-state index contributed by atoms with van der Waals surface area (Å²) in [5.41, 5.74) is 2.31. The van der Waals surface area contributed by atoms with Gasteiger partial charge in [0.25, 0.3) is 0 Å². The minimum Gasteiger partial charge on any atom is -0.283 e. The maximum atomic E-state index is 13.0. The predicted molar refractivity (Wildman–Crippen MR) is 97.2 cm³/mol. The number of carbonyl (C=O) groups is 1. The molecule has 1 aromatic carbocycles. The lowest BCUT2D eigenvalue weighted by atomic mass is 9.84. The molecule has 0 radical (unpaired) electrons. The lowest BCUT2D eigenvalue weighted by Gasteiger charge is -2.33. The van der Waals surface area contributed by atoms with Crippen molar-refractivity contribution in [2.45, 2.75) is 57.9 Å². The summed E-state index contributed by atoms with van der Waals surface area (Å²) in [6.45, 7) is 2.09. The topological polar surface area (TPSA) is 46.1 Å². The van der Waals surface area contributed by atoms with Crippen molar-refractivity contribution in [3.63, 3.8) is 0 Å². The van der Waals surface area contributed by atoms with Crippen LogP contribution in [0.1, 0.15) is 50.5 Å². The average molecular weight is 341 g/mol. The molecule has 1 heterocycles. The molecule has 4 rings (SSSR count). The molecule has 4 nitrogen and oxygen atoms in total. The normalized spacial score (nSPS) is 18.5. The first-order valence-corrected chi connectivity index (χ1v) is 9.78. The van der Waals surface area contributed by atoms with Crippen LogP contribution in [0.4, 0.5) is 5.13 Å². The van der Waals surface area contributed by atoms with Crippen LogP contribution in [0, 0.1) is 12.8 Å². The maximum Gasteiger partial charge on any atom is 0.232 e. The van der Waals surface area contributed by atoms with Crippen molar-refractivity contribution in [1.82, 2.24) is 10.2 Å². The molecule has 2 fully saturated rings. The number of aryl methyl sites for hydroxylation is 1. The quantitative estimate of drug-likeness (QED) is 0.817. The van der Waals surface area contributed by atoms with E-state index < -0.39 is 0 Å². The van der Waals surface area contributed by atoms with Crippen molar-refractivity contribution in [2.75, 3.05) is 4.90 Å². The first-order valence-electron chi connectivity index (χ1n) is 8.96. The summed E-state index contributed by atoms with van der Waals surface area (Å²) < 4.78 is 0. The van der Waals surface area contributed by atoms with E-state index in [1.54, 1.807) is 11.3 Å².